The summed E-state index contributed by atoms with van der Waals surface area (Å²) >= 11 is 0. The molecule has 1 saturated heterocycles. The molecule has 3 heterocycles. The first-order chi connectivity index (χ1) is 10.2. The zero-order valence-corrected chi connectivity index (χ0v) is 11.6. The Hall–Kier alpha value is -2.50. The van der Waals surface area contributed by atoms with Crippen LogP contribution in [0, 0.1) is 0 Å². The fourth-order valence-electron chi connectivity index (χ4n) is 2.44. The molecule has 108 valence electrons. The van der Waals surface area contributed by atoms with Crippen molar-refractivity contribution in [2.24, 2.45) is 0 Å². The van der Waals surface area contributed by atoms with E-state index < -0.39 is 5.97 Å². The largest absolute Gasteiger partial charge is 0.477 e. The third kappa shape index (κ3) is 2.99. The van der Waals surface area contributed by atoms with Gasteiger partial charge < -0.3 is 10.0 Å². The van der Waals surface area contributed by atoms with Gasteiger partial charge in [0.15, 0.2) is 11.5 Å². The molecule has 0 amide bonds. The van der Waals surface area contributed by atoms with E-state index in [4.69, 9.17) is 0 Å². The lowest BCUT2D eigenvalue weighted by Gasteiger charge is -2.28. The number of carboxylic acid groups (broad SMARTS) is 1. The number of pyridine rings is 1. The van der Waals surface area contributed by atoms with E-state index in [0.717, 1.165) is 25.9 Å². The lowest BCUT2D eigenvalue weighted by Crippen LogP contribution is -2.30. The first-order valence-corrected chi connectivity index (χ1v) is 7.03. The minimum Gasteiger partial charge on any atom is -0.477 e. The van der Waals surface area contributed by atoms with Crippen molar-refractivity contribution in [1.82, 2.24) is 15.0 Å². The Balaban J connectivity index is 2.03. The van der Waals surface area contributed by atoms with E-state index in [-0.39, 0.29) is 5.69 Å². The Kier molecular flexibility index (Phi) is 3.77. The second-order valence-electron chi connectivity index (χ2n) is 5.00. The molecule has 3 rings (SSSR count). The van der Waals surface area contributed by atoms with Crippen molar-refractivity contribution in [1.29, 1.82) is 0 Å². The Morgan fingerprint density at radius 3 is 2.62 bits per heavy atom. The molecule has 0 unspecified atom stereocenters. The van der Waals surface area contributed by atoms with Crippen LogP contribution in [0.5, 0.6) is 0 Å². The third-order valence-electron chi connectivity index (χ3n) is 3.51. The van der Waals surface area contributed by atoms with Crippen LogP contribution < -0.4 is 4.90 Å². The average molecular weight is 284 g/mol. The quantitative estimate of drug-likeness (QED) is 0.931. The number of rotatable bonds is 3. The molecule has 0 bridgehead atoms. The zero-order valence-electron chi connectivity index (χ0n) is 11.6. The van der Waals surface area contributed by atoms with Crippen molar-refractivity contribution >= 4 is 11.8 Å². The van der Waals surface area contributed by atoms with E-state index in [2.05, 4.69) is 19.9 Å². The Bertz CT molecular complexity index is 639. The molecule has 2 aromatic heterocycles. The summed E-state index contributed by atoms with van der Waals surface area (Å²) in [7, 11) is 0. The molecule has 21 heavy (non-hydrogen) atoms. The molecule has 0 aromatic carbocycles. The first kappa shape index (κ1) is 13.5. The smallest absolute Gasteiger partial charge is 0.354 e. The second kappa shape index (κ2) is 5.87. The van der Waals surface area contributed by atoms with Crippen LogP contribution in [0.1, 0.15) is 29.8 Å². The minimum absolute atomic E-state index is 0.00577. The van der Waals surface area contributed by atoms with Crippen LogP contribution in [0.2, 0.25) is 0 Å². The summed E-state index contributed by atoms with van der Waals surface area (Å²) < 4.78 is 0. The number of hydrogen-bond acceptors (Lipinski definition) is 5. The topological polar surface area (TPSA) is 79.2 Å². The lowest BCUT2D eigenvalue weighted by molar-refractivity contribution is 0.0690. The van der Waals surface area contributed by atoms with Crippen molar-refractivity contribution in [2.75, 3.05) is 18.0 Å². The van der Waals surface area contributed by atoms with E-state index in [1.165, 1.54) is 6.42 Å². The molecule has 1 aliphatic rings. The third-order valence-corrected chi connectivity index (χ3v) is 3.51. The maximum Gasteiger partial charge on any atom is 0.354 e. The van der Waals surface area contributed by atoms with Crippen LogP contribution in [0.4, 0.5) is 5.82 Å². The van der Waals surface area contributed by atoms with Crippen LogP contribution in [-0.4, -0.2) is 39.1 Å². The number of aromatic carboxylic acids is 1. The van der Waals surface area contributed by atoms with Gasteiger partial charge in [0.1, 0.15) is 11.5 Å². The van der Waals surface area contributed by atoms with Crippen molar-refractivity contribution in [3.8, 4) is 11.5 Å². The van der Waals surface area contributed by atoms with Crippen LogP contribution >= 0.6 is 0 Å². The van der Waals surface area contributed by atoms with Gasteiger partial charge in [-0.25, -0.2) is 14.8 Å². The standard InChI is InChI=1S/C15H16N4O2/c20-15(21)12-10-13(19-8-4-1-5-9-19)18-14(17-12)11-6-2-3-7-16-11/h2-3,6-7,10H,1,4-5,8-9H2,(H,20,21). The Labute approximate surface area is 122 Å². The van der Waals surface area contributed by atoms with Crippen LogP contribution in [0.15, 0.2) is 30.5 Å². The Morgan fingerprint density at radius 2 is 1.95 bits per heavy atom. The van der Waals surface area contributed by atoms with E-state index in [9.17, 15) is 9.90 Å². The lowest BCUT2D eigenvalue weighted by atomic mass is 10.1. The number of hydrogen-bond donors (Lipinski definition) is 1. The molecule has 1 N–H and O–H groups in total. The number of anilines is 1. The van der Waals surface area contributed by atoms with Gasteiger partial charge in [-0.1, -0.05) is 6.07 Å². The fraction of sp³-hybridized carbons (Fsp3) is 0.333. The van der Waals surface area contributed by atoms with Gasteiger partial charge in [0.25, 0.3) is 0 Å². The van der Waals surface area contributed by atoms with E-state index in [1.54, 1.807) is 24.4 Å². The summed E-state index contributed by atoms with van der Waals surface area (Å²) in [5.41, 5.74) is 0.588. The van der Waals surface area contributed by atoms with Crippen molar-refractivity contribution in [3.63, 3.8) is 0 Å². The van der Waals surface area contributed by atoms with Gasteiger partial charge in [0, 0.05) is 25.4 Å². The van der Waals surface area contributed by atoms with E-state index >= 15 is 0 Å². The molecule has 6 nitrogen and oxygen atoms in total. The predicted octanol–water partition coefficient (Wildman–Crippen LogP) is 2.23. The molecule has 1 aliphatic heterocycles. The second-order valence-corrected chi connectivity index (χ2v) is 5.00. The molecule has 0 radical (unpaired) electrons. The highest BCUT2D eigenvalue weighted by molar-refractivity contribution is 5.86. The van der Waals surface area contributed by atoms with Crippen LogP contribution in [0.25, 0.3) is 11.5 Å². The summed E-state index contributed by atoms with van der Waals surface area (Å²) in [5, 5.41) is 9.25. The van der Waals surface area contributed by atoms with Gasteiger partial charge in [-0.15, -0.1) is 0 Å². The van der Waals surface area contributed by atoms with Gasteiger partial charge in [-0.05, 0) is 31.4 Å². The summed E-state index contributed by atoms with van der Waals surface area (Å²) in [6, 6.07) is 6.96. The Morgan fingerprint density at radius 1 is 1.14 bits per heavy atom. The predicted molar refractivity (Wildman–Crippen MR) is 78.3 cm³/mol. The van der Waals surface area contributed by atoms with Crippen LogP contribution in [0.3, 0.4) is 0 Å². The summed E-state index contributed by atoms with van der Waals surface area (Å²) in [4.78, 5) is 26.2. The first-order valence-electron chi connectivity index (χ1n) is 7.03. The monoisotopic (exact) mass is 284 g/mol. The van der Waals surface area contributed by atoms with E-state index in [1.807, 2.05) is 6.07 Å². The number of carbonyl (C=O) groups is 1. The highest BCUT2D eigenvalue weighted by Gasteiger charge is 2.18. The molecular formula is C15H16N4O2. The van der Waals surface area contributed by atoms with Crippen molar-refractivity contribution in [2.45, 2.75) is 19.3 Å². The average Bonchev–Trinajstić information content (AvgIpc) is 2.56. The van der Waals surface area contributed by atoms with Gasteiger partial charge in [-0.2, -0.15) is 0 Å². The number of carboxylic acids is 1. The summed E-state index contributed by atoms with van der Waals surface area (Å²) in [6.07, 6.45) is 5.06. The van der Waals surface area contributed by atoms with E-state index in [0.29, 0.717) is 17.3 Å². The number of nitrogens with zero attached hydrogens (tertiary/aromatic N) is 4. The molecule has 0 atom stereocenters. The molecule has 6 heteroatoms. The van der Waals surface area contributed by atoms with Gasteiger partial charge in [0.05, 0.1) is 0 Å². The molecule has 0 spiro atoms. The SMILES string of the molecule is O=C(O)c1cc(N2CCCCC2)nc(-c2ccccn2)n1. The normalized spacial score (nSPS) is 15.0. The maximum atomic E-state index is 11.3. The van der Waals surface area contributed by atoms with Gasteiger partial charge in [-0.3, -0.25) is 4.98 Å². The highest BCUT2D eigenvalue weighted by atomic mass is 16.4. The van der Waals surface area contributed by atoms with Crippen molar-refractivity contribution in [3.05, 3.63) is 36.2 Å². The van der Waals surface area contributed by atoms with Crippen molar-refractivity contribution < 1.29 is 9.90 Å². The number of piperidine rings is 1. The maximum absolute atomic E-state index is 11.3. The summed E-state index contributed by atoms with van der Waals surface area (Å²) in [6.45, 7) is 1.80. The molecule has 1 fully saturated rings. The van der Waals surface area contributed by atoms with Gasteiger partial charge in [0.2, 0.25) is 0 Å². The molecular weight excluding hydrogens is 268 g/mol. The molecule has 2 aromatic rings. The molecule has 0 aliphatic carbocycles. The molecule has 0 saturated carbocycles. The summed E-state index contributed by atoms with van der Waals surface area (Å²) in [5.74, 6) is -0.0216. The highest BCUT2D eigenvalue weighted by Crippen LogP contribution is 2.21. The fourth-order valence-corrected chi connectivity index (χ4v) is 2.44. The number of aromatic nitrogens is 3. The minimum atomic E-state index is -1.05. The zero-order chi connectivity index (χ0) is 14.7. The van der Waals surface area contributed by atoms with Crippen LogP contribution in [-0.2, 0) is 0 Å². The van der Waals surface area contributed by atoms with Gasteiger partial charge >= 0.3 is 5.97 Å².